The van der Waals surface area contributed by atoms with Crippen molar-refractivity contribution in [2.75, 3.05) is 13.6 Å². The van der Waals surface area contributed by atoms with Crippen molar-refractivity contribution >= 4 is 45.9 Å². The molecule has 1 unspecified atom stereocenters. The van der Waals surface area contributed by atoms with Crippen LogP contribution in [-0.4, -0.2) is 29.3 Å². The van der Waals surface area contributed by atoms with Crippen LogP contribution in [0.3, 0.4) is 0 Å². The van der Waals surface area contributed by atoms with Gasteiger partial charge in [0.25, 0.3) is 0 Å². The quantitative estimate of drug-likeness (QED) is 0.333. The SMILES string of the molecule is CCC(CNC(=NC)NCc1ccnn1C)Cc1cccc(Br)c1.I. The average Bonchev–Trinajstić information content (AvgIpc) is 2.99. The summed E-state index contributed by atoms with van der Waals surface area (Å²) in [5, 5.41) is 10.9. The first-order valence-electron chi connectivity index (χ1n) is 8.28. The van der Waals surface area contributed by atoms with Crippen LogP contribution in [0, 0.1) is 5.92 Å². The summed E-state index contributed by atoms with van der Waals surface area (Å²) in [6.45, 7) is 3.84. The van der Waals surface area contributed by atoms with Crippen LogP contribution in [0.4, 0.5) is 0 Å². The third-order valence-electron chi connectivity index (χ3n) is 4.13. The molecule has 0 saturated carbocycles. The number of benzene rings is 1. The topological polar surface area (TPSA) is 54.2 Å². The third kappa shape index (κ3) is 7.35. The van der Waals surface area contributed by atoms with Crippen LogP contribution < -0.4 is 10.6 Å². The van der Waals surface area contributed by atoms with E-state index in [4.69, 9.17) is 0 Å². The van der Waals surface area contributed by atoms with Gasteiger partial charge >= 0.3 is 0 Å². The fourth-order valence-corrected chi connectivity index (χ4v) is 3.02. The van der Waals surface area contributed by atoms with Gasteiger partial charge in [-0.25, -0.2) is 0 Å². The molecule has 7 heteroatoms. The second kappa shape index (κ2) is 11.5. The minimum atomic E-state index is 0. The van der Waals surface area contributed by atoms with Gasteiger partial charge in [-0.2, -0.15) is 5.10 Å². The van der Waals surface area contributed by atoms with Crippen LogP contribution in [-0.2, 0) is 20.0 Å². The Kier molecular flexibility index (Phi) is 10.1. The second-order valence-corrected chi connectivity index (χ2v) is 6.78. The Morgan fingerprint density at radius 2 is 2.12 bits per heavy atom. The molecule has 25 heavy (non-hydrogen) atoms. The molecule has 1 atom stereocenters. The second-order valence-electron chi connectivity index (χ2n) is 5.86. The van der Waals surface area contributed by atoms with Crippen molar-refractivity contribution in [3.8, 4) is 0 Å². The highest BCUT2D eigenvalue weighted by Gasteiger charge is 2.09. The van der Waals surface area contributed by atoms with Crippen molar-refractivity contribution in [3.63, 3.8) is 0 Å². The van der Waals surface area contributed by atoms with E-state index >= 15 is 0 Å². The number of rotatable bonds is 7. The first-order valence-corrected chi connectivity index (χ1v) is 9.07. The molecule has 0 amide bonds. The van der Waals surface area contributed by atoms with E-state index < -0.39 is 0 Å². The van der Waals surface area contributed by atoms with E-state index in [9.17, 15) is 0 Å². The Bertz CT molecular complexity index is 671. The van der Waals surface area contributed by atoms with Crippen LogP contribution in [0.1, 0.15) is 24.6 Å². The summed E-state index contributed by atoms with van der Waals surface area (Å²) in [5.74, 6) is 1.39. The number of nitrogens with zero attached hydrogens (tertiary/aromatic N) is 3. The monoisotopic (exact) mass is 519 g/mol. The molecule has 5 nitrogen and oxygen atoms in total. The van der Waals surface area contributed by atoms with Gasteiger partial charge in [0.1, 0.15) is 0 Å². The molecule has 1 aromatic heterocycles. The first kappa shape index (κ1) is 22.0. The Morgan fingerprint density at radius 3 is 2.72 bits per heavy atom. The average molecular weight is 520 g/mol. The van der Waals surface area contributed by atoms with Crippen molar-refractivity contribution in [2.24, 2.45) is 18.0 Å². The zero-order valence-corrected chi connectivity index (χ0v) is 18.9. The van der Waals surface area contributed by atoms with Gasteiger partial charge < -0.3 is 10.6 Å². The standard InChI is InChI=1S/C18H26BrN5.HI/c1-4-14(10-15-6-5-7-16(19)11-15)12-21-18(20-2)22-13-17-8-9-23-24(17)3;/h5-9,11,14H,4,10,12-13H2,1-3H3,(H2,20,21,22);1H. The van der Waals surface area contributed by atoms with E-state index in [-0.39, 0.29) is 24.0 Å². The van der Waals surface area contributed by atoms with Gasteiger partial charge in [0.15, 0.2) is 5.96 Å². The van der Waals surface area contributed by atoms with E-state index in [2.05, 4.69) is 67.8 Å². The lowest BCUT2D eigenvalue weighted by molar-refractivity contribution is 0.493. The zero-order chi connectivity index (χ0) is 17.4. The maximum absolute atomic E-state index is 4.30. The maximum Gasteiger partial charge on any atom is 0.191 e. The molecular weight excluding hydrogens is 493 g/mol. The number of aromatic nitrogens is 2. The first-order chi connectivity index (χ1) is 11.6. The summed E-state index contributed by atoms with van der Waals surface area (Å²) >= 11 is 3.54. The van der Waals surface area contributed by atoms with Gasteiger partial charge in [-0.15, -0.1) is 24.0 Å². The number of hydrogen-bond acceptors (Lipinski definition) is 2. The van der Waals surface area contributed by atoms with Crippen molar-refractivity contribution in [3.05, 3.63) is 52.3 Å². The van der Waals surface area contributed by atoms with E-state index in [0.29, 0.717) is 12.5 Å². The number of hydrogen-bond donors (Lipinski definition) is 2. The summed E-state index contributed by atoms with van der Waals surface area (Å²) < 4.78 is 3.00. The lowest BCUT2D eigenvalue weighted by Crippen LogP contribution is -2.40. The maximum atomic E-state index is 4.30. The van der Waals surface area contributed by atoms with Crippen LogP contribution in [0.5, 0.6) is 0 Å². The number of halogens is 2. The van der Waals surface area contributed by atoms with Gasteiger partial charge in [0, 0.05) is 31.3 Å². The van der Waals surface area contributed by atoms with Gasteiger partial charge in [0.2, 0.25) is 0 Å². The molecule has 0 aliphatic carbocycles. The number of aliphatic imine (C=N–C) groups is 1. The fraction of sp³-hybridized carbons (Fsp3) is 0.444. The predicted molar refractivity (Wildman–Crippen MR) is 118 cm³/mol. The molecule has 1 heterocycles. The summed E-state index contributed by atoms with van der Waals surface area (Å²) in [5.41, 5.74) is 2.48. The fourth-order valence-electron chi connectivity index (χ4n) is 2.57. The summed E-state index contributed by atoms with van der Waals surface area (Å²) in [6, 6.07) is 10.5. The number of guanidine groups is 1. The molecule has 0 aliphatic heterocycles. The number of aryl methyl sites for hydroxylation is 1. The van der Waals surface area contributed by atoms with Crippen LogP contribution in [0.25, 0.3) is 0 Å². The Morgan fingerprint density at radius 1 is 1.32 bits per heavy atom. The molecule has 0 aliphatic rings. The minimum Gasteiger partial charge on any atom is -0.356 e. The van der Waals surface area contributed by atoms with E-state index in [1.807, 2.05) is 17.8 Å². The predicted octanol–water partition coefficient (Wildman–Crippen LogP) is 3.73. The lowest BCUT2D eigenvalue weighted by atomic mass is 9.97. The largest absolute Gasteiger partial charge is 0.356 e. The minimum absolute atomic E-state index is 0. The highest BCUT2D eigenvalue weighted by atomic mass is 127. The molecule has 138 valence electrons. The molecule has 0 fully saturated rings. The van der Waals surface area contributed by atoms with Crippen molar-refractivity contribution in [1.82, 2.24) is 20.4 Å². The Hall–Kier alpha value is -1.09. The number of nitrogens with one attached hydrogen (secondary N) is 2. The van der Waals surface area contributed by atoms with Gasteiger partial charge in [-0.1, -0.05) is 41.4 Å². The molecule has 2 N–H and O–H groups in total. The summed E-state index contributed by atoms with van der Waals surface area (Å²) in [7, 11) is 3.74. The van der Waals surface area contributed by atoms with E-state index in [1.165, 1.54) is 5.56 Å². The molecule has 0 saturated heterocycles. The molecule has 0 spiro atoms. The van der Waals surface area contributed by atoms with Gasteiger partial charge in [-0.05, 0) is 36.1 Å². The smallest absolute Gasteiger partial charge is 0.191 e. The summed E-state index contributed by atoms with van der Waals surface area (Å²) in [4.78, 5) is 4.30. The van der Waals surface area contributed by atoms with Crippen LogP contribution >= 0.6 is 39.9 Å². The van der Waals surface area contributed by atoms with E-state index in [0.717, 1.165) is 35.5 Å². The normalized spacial score (nSPS) is 12.4. The van der Waals surface area contributed by atoms with Crippen molar-refractivity contribution < 1.29 is 0 Å². The molecule has 2 rings (SSSR count). The van der Waals surface area contributed by atoms with Crippen LogP contribution in [0.2, 0.25) is 0 Å². The molecule has 0 radical (unpaired) electrons. The molecular formula is C18H27BrIN5. The molecule has 1 aromatic carbocycles. The third-order valence-corrected chi connectivity index (χ3v) is 4.63. The Labute approximate surface area is 175 Å². The molecule has 0 bridgehead atoms. The highest BCUT2D eigenvalue weighted by molar-refractivity contribution is 14.0. The molecule has 2 aromatic rings. The lowest BCUT2D eigenvalue weighted by Gasteiger charge is -2.18. The van der Waals surface area contributed by atoms with E-state index in [1.54, 1.807) is 13.2 Å². The van der Waals surface area contributed by atoms with Crippen molar-refractivity contribution in [1.29, 1.82) is 0 Å². The highest BCUT2D eigenvalue weighted by Crippen LogP contribution is 2.16. The van der Waals surface area contributed by atoms with Gasteiger partial charge in [0.05, 0.1) is 12.2 Å². The van der Waals surface area contributed by atoms with Crippen LogP contribution in [0.15, 0.2) is 46.0 Å². The van der Waals surface area contributed by atoms with Crippen molar-refractivity contribution in [2.45, 2.75) is 26.3 Å². The Balaban J connectivity index is 0.00000312. The zero-order valence-electron chi connectivity index (χ0n) is 15.0. The van der Waals surface area contributed by atoms with Gasteiger partial charge in [-0.3, -0.25) is 9.67 Å². The summed E-state index contributed by atoms with van der Waals surface area (Å²) in [6.07, 6.45) is 3.98.